The minimum absolute atomic E-state index is 0. The minimum atomic E-state index is -3.03. The third kappa shape index (κ3) is 12.4. The largest absolute Gasteiger partial charge is 1.00 e. The summed E-state index contributed by atoms with van der Waals surface area (Å²) in [5.41, 5.74) is 0. The molecule has 0 aliphatic heterocycles. The van der Waals surface area contributed by atoms with Crippen LogP contribution >= 0.6 is 7.60 Å². The summed E-state index contributed by atoms with van der Waals surface area (Å²) < 4.78 is 29.1. The number of ether oxygens (including phenoxy) is 1. The summed E-state index contributed by atoms with van der Waals surface area (Å²) in [6.45, 7) is 17.5. The lowest BCUT2D eigenvalue weighted by Crippen LogP contribution is -3.00. The summed E-state index contributed by atoms with van der Waals surface area (Å²) >= 11 is 0. The number of hydrogen-bond donors (Lipinski definition) is 0. The smallest absolute Gasteiger partial charge is 0.330 e. The third-order valence-corrected chi connectivity index (χ3v) is 6.23. The molecule has 27 heavy (non-hydrogen) atoms. The van der Waals surface area contributed by atoms with Crippen LogP contribution < -0.4 is 12.4 Å². The first-order valence-corrected chi connectivity index (χ1v) is 11.2. The molecule has 0 spiro atoms. The second-order valence-corrected chi connectivity index (χ2v) is 8.35. The van der Waals surface area contributed by atoms with Crippen molar-refractivity contribution < 1.29 is 40.0 Å². The Hall–Kier alpha value is -0.650. The van der Waals surface area contributed by atoms with Crippen LogP contribution in [0.25, 0.3) is 0 Å². The third-order valence-electron chi connectivity index (χ3n) is 4.07. The zero-order chi connectivity index (χ0) is 19.9. The number of carbonyl (C=O) groups is 1. The first kappa shape index (κ1) is 28.6. The molecule has 160 valence electrons. The van der Waals surface area contributed by atoms with Crippen molar-refractivity contribution in [1.29, 1.82) is 0 Å². The van der Waals surface area contributed by atoms with Crippen LogP contribution in [-0.4, -0.2) is 62.6 Å². The van der Waals surface area contributed by atoms with Crippen LogP contribution in [0.2, 0.25) is 0 Å². The van der Waals surface area contributed by atoms with Crippen molar-refractivity contribution >= 4 is 13.6 Å². The van der Waals surface area contributed by atoms with E-state index in [-0.39, 0.29) is 18.4 Å². The number of halogens is 1. The molecule has 0 N–H and O–H groups in total. The molecule has 0 aromatic rings. The average molecular weight is 426 g/mol. The number of quaternary nitrogens is 1. The summed E-state index contributed by atoms with van der Waals surface area (Å²) in [6, 6.07) is 0. The van der Waals surface area contributed by atoms with E-state index in [4.69, 9.17) is 13.8 Å². The van der Waals surface area contributed by atoms with Gasteiger partial charge in [0.1, 0.15) is 0 Å². The first-order valence-electron chi connectivity index (χ1n) is 9.51. The van der Waals surface area contributed by atoms with Crippen molar-refractivity contribution in [3.63, 3.8) is 0 Å². The Morgan fingerprint density at radius 1 is 0.963 bits per heavy atom. The maximum atomic E-state index is 12.6. The fourth-order valence-electron chi connectivity index (χ4n) is 3.05. The number of nitrogens with zero attached hydrogens (tertiary/aromatic N) is 1. The Kier molecular flexibility index (Phi) is 17.3. The van der Waals surface area contributed by atoms with Crippen LogP contribution in [-0.2, 0) is 23.1 Å². The number of hydrogen-bond acceptors (Lipinski definition) is 5. The Balaban J connectivity index is 0. The average Bonchev–Trinajstić information content (AvgIpc) is 2.56. The SMILES string of the molecule is C=CC[N+](CC=C)(CCCC(=O)OCC)CCCP(=O)(OCC)OCC.[Cl-]. The van der Waals surface area contributed by atoms with Gasteiger partial charge in [0.15, 0.2) is 0 Å². The van der Waals surface area contributed by atoms with E-state index < -0.39 is 7.60 Å². The molecule has 0 bridgehead atoms. The molecule has 0 heterocycles. The van der Waals surface area contributed by atoms with E-state index in [9.17, 15) is 9.36 Å². The van der Waals surface area contributed by atoms with Crippen molar-refractivity contribution in [3.05, 3.63) is 25.3 Å². The predicted molar refractivity (Wildman–Crippen MR) is 106 cm³/mol. The van der Waals surface area contributed by atoms with Gasteiger partial charge in [-0.2, -0.15) is 0 Å². The lowest BCUT2D eigenvalue weighted by Gasteiger charge is -2.37. The lowest BCUT2D eigenvalue weighted by atomic mass is 10.2. The summed E-state index contributed by atoms with van der Waals surface area (Å²) in [6.07, 6.45) is 6.00. The van der Waals surface area contributed by atoms with Crippen LogP contribution in [0.15, 0.2) is 25.3 Å². The molecule has 0 aliphatic rings. The molecule has 0 aromatic heterocycles. The highest BCUT2D eigenvalue weighted by Crippen LogP contribution is 2.48. The number of esters is 1. The second kappa shape index (κ2) is 16.3. The molecular formula is C19H37ClNO5P. The zero-order valence-electron chi connectivity index (χ0n) is 17.2. The summed E-state index contributed by atoms with van der Waals surface area (Å²) in [7, 11) is -3.03. The van der Waals surface area contributed by atoms with Crippen LogP contribution in [0.1, 0.15) is 40.0 Å². The monoisotopic (exact) mass is 425 g/mol. The maximum Gasteiger partial charge on any atom is 0.330 e. The van der Waals surface area contributed by atoms with Crippen LogP contribution in [0.5, 0.6) is 0 Å². The number of carbonyl (C=O) groups excluding carboxylic acids is 1. The van der Waals surface area contributed by atoms with Gasteiger partial charge >= 0.3 is 13.6 Å². The molecular weight excluding hydrogens is 389 g/mol. The molecule has 0 fully saturated rings. The first-order chi connectivity index (χ1) is 12.4. The van der Waals surface area contributed by atoms with Crippen LogP contribution in [0.4, 0.5) is 0 Å². The highest BCUT2D eigenvalue weighted by Gasteiger charge is 2.28. The van der Waals surface area contributed by atoms with Gasteiger partial charge in [-0.1, -0.05) is 13.2 Å². The summed E-state index contributed by atoms with van der Waals surface area (Å²) in [5, 5.41) is 0. The molecule has 6 nitrogen and oxygen atoms in total. The molecule has 0 aromatic carbocycles. The van der Waals surface area contributed by atoms with Crippen LogP contribution in [0.3, 0.4) is 0 Å². The van der Waals surface area contributed by atoms with Crippen molar-refractivity contribution in [1.82, 2.24) is 0 Å². The molecule has 0 rings (SSSR count). The molecule has 0 radical (unpaired) electrons. The molecule has 0 saturated heterocycles. The van der Waals surface area contributed by atoms with E-state index >= 15 is 0 Å². The van der Waals surface area contributed by atoms with Gasteiger partial charge in [-0.15, -0.1) is 0 Å². The fraction of sp³-hybridized carbons (Fsp3) is 0.737. The van der Waals surface area contributed by atoms with Gasteiger partial charge < -0.3 is 30.7 Å². The highest BCUT2D eigenvalue weighted by atomic mass is 35.5. The Labute approximate surface area is 171 Å². The van der Waals surface area contributed by atoms with Gasteiger partial charge in [-0.3, -0.25) is 9.36 Å². The maximum absolute atomic E-state index is 12.6. The Morgan fingerprint density at radius 3 is 1.93 bits per heavy atom. The quantitative estimate of drug-likeness (QED) is 0.151. The van der Waals surface area contributed by atoms with Crippen molar-refractivity contribution in [2.24, 2.45) is 0 Å². The van der Waals surface area contributed by atoms with Gasteiger partial charge in [0.2, 0.25) is 0 Å². The molecule has 0 unspecified atom stereocenters. The predicted octanol–water partition coefficient (Wildman–Crippen LogP) is 1.18. The lowest BCUT2D eigenvalue weighted by molar-refractivity contribution is -0.917. The van der Waals surface area contributed by atoms with Gasteiger partial charge in [0.05, 0.1) is 58.6 Å². The van der Waals surface area contributed by atoms with Gasteiger partial charge in [0.25, 0.3) is 0 Å². The molecule has 8 heteroatoms. The molecule has 0 amide bonds. The Morgan fingerprint density at radius 2 is 1.48 bits per heavy atom. The van der Waals surface area contributed by atoms with Crippen LogP contribution in [0, 0.1) is 0 Å². The second-order valence-electron chi connectivity index (χ2n) is 6.16. The standard InChI is InChI=1S/C19H37NO5P.ClH/c1-6-14-20(15-7-2,16-11-13-19(21)23-8-3)17-12-18-26(22,24-9-4)25-10-5;/h6-7H,1-2,8-18H2,3-5H3;1H/q+1;/p-1. The zero-order valence-corrected chi connectivity index (χ0v) is 18.8. The van der Waals surface area contributed by atoms with E-state index in [2.05, 4.69) is 13.2 Å². The normalized spacial score (nSPS) is 11.5. The fourth-order valence-corrected chi connectivity index (χ4v) is 4.70. The van der Waals surface area contributed by atoms with Crippen molar-refractivity contribution in [2.75, 3.05) is 52.2 Å². The van der Waals surface area contributed by atoms with Gasteiger partial charge in [-0.25, -0.2) is 0 Å². The molecule has 0 saturated carbocycles. The van der Waals surface area contributed by atoms with Crippen molar-refractivity contribution in [3.8, 4) is 0 Å². The Bertz CT molecular complexity index is 453. The summed E-state index contributed by atoms with van der Waals surface area (Å²) in [4.78, 5) is 11.6. The summed E-state index contributed by atoms with van der Waals surface area (Å²) in [5.74, 6) is -0.167. The highest BCUT2D eigenvalue weighted by molar-refractivity contribution is 7.53. The van der Waals surface area contributed by atoms with E-state index in [0.29, 0.717) is 38.8 Å². The molecule has 0 aliphatic carbocycles. The van der Waals surface area contributed by atoms with E-state index in [1.807, 2.05) is 32.9 Å². The topological polar surface area (TPSA) is 61.8 Å². The van der Waals surface area contributed by atoms with E-state index in [1.54, 1.807) is 0 Å². The van der Waals surface area contributed by atoms with Crippen molar-refractivity contribution in [2.45, 2.75) is 40.0 Å². The minimum Gasteiger partial charge on any atom is -1.00 e. The van der Waals surface area contributed by atoms with Gasteiger partial charge in [-0.05, 0) is 32.9 Å². The van der Waals surface area contributed by atoms with Gasteiger partial charge in [0, 0.05) is 12.8 Å². The molecule has 0 atom stereocenters. The number of rotatable bonds is 17. The van der Waals surface area contributed by atoms with E-state index in [0.717, 1.165) is 37.1 Å². The van der Waals surface area contributed by atoms with E-state index in [1.165, 1.54) is 0 Å².